The fourth-order valence-corrected chi connectivity index (χ4v) is 6.45. The Kier molecular flexibility index (Phi) is 9.35. The van der Waals surface area contributed by atoms with Gasteiger partial charge in [-0.2, -0.15) is 11.8 Å². The van der Waals surface area contributed by atoms with Crippen molar-refractivity contribution in [3.8, 4) is 0 Å². The third-order valence-electron chi connectivity index (χ3n) is 6.06. The summed E-state index contributed by atoms with van der Waals surface area (Å²) in [5, 5.41) is 7.03. The van der Waals surface area contributed by atoms with Crippen molar-refractivity contribution >= 4 is 51.6 Å². The Morgan fingerprint density at radius 1 is 1.09 bits per heavy atom. The van der Waals surface area contributed by atoms with Gasteiger partial charge in [0.05, 0.1) is 18.5 Å². The predicted molar refractivity (Wildman–Crippen MR) is 121 cm³/mol. The van der Waals surface area contributed by atoms with Crippen molar-refractivity contribution in [3.63, 3.8) is 0 Å². The highest BCUT2D eigenvalue weighted by molar-refractivity contribution is 8.00. The number of unbranched alkanes of at least 4 members (excludes halogenated alkanes) is 3. The number of rotatable bonds is 13. The van der Waals surface area contributed by atoms with Gasteiger partial charge in [0.25, 0.3) is 11.8 Å². The minimum absolute atomic E-state index is 0.0487. The zero-order valence-electron chi connectivity index (χ0n) is 19.0. The molecule has 0 aromatic carbocycles. The lowest BCUT2D eigenvalue weighted by Crippen LogP contribution is -2.36. The summed E-state index contributed by atoms with van der Waals surface area (Å²) in [7, 11) is -5.01. The van der Waals surface area contributed by atoms with Crippen molar-refractivity contribution in [1.29, 1.82) is 0 Å². The van der Waals surface area contributed by atoms with Gasteiger partial charge in [-0.05, 0) is 25.7 Å². The summed E-state index contributed by atoms with van der Waals surface area (Å²) >= 11 is 1.85. The third-order valence-corrected chi connectivity index (χ3v) is 8.64. The van der Waals surface area contributed by atoms with Crippen LogP contribution in [-0.4, -0.2) is 82.6 Å². The van der Waals surface area contributed by atoms with Gasteiger partial charge in [0.2, 0.25) is 5.91 Å². The van der Waals surface area contributed by atoms with Gasteiger partial charge in [-0.1, -0.05) is 12.8 Å². The van der Waals surface area contributed by atoms with Crippen LogP contribution in [0.1, 0.15) is 57.8 Å². The van der Waals surface area contributed by atoms with Gasteiger partial charge < -0.3 is 25.3 Å². The van der Waals surface area contributed by atoms with Crippen LogP contribution in [0.2, 0.25) is 0 Å². The molecule has 4 unspecified atom stereocenters. The molecule has 3 rings (SSSR count). The number of fused-ring (bicyclic) bond motifs is 1. The molecule has 35 heavy (non-hydrogen) atoms. The van der Waals surface area contributed by atoms with E-state index in [4.69, 9.17) is 0 Å². The first-order valence-corrected chi connectivity index (χ1v) is 14.1. The maximum Gasteiger partial charge on any atom is 0.333 e. The Morgan fingerprint density at radius 2 is 1.83 bits per heavy atom. The van der Waals surface area contributed by atoms with Gasteiger partial charge in [-0.3, -0.25) is 14.4 Å². The second-order valence-electron chi connectivity index (χ2n) is 8.70. The number of carbonyl (C=O) groups is 5. The zero-order valence-corrected chi connectivity index (χ0v) is 20.7. The molecule has 3 fully saturated rings. The van der Waals surface area contributed by atoms with Crippen LogP contribution in [-0.2, 0) is 34.1 Å². The van der Waals surface area contributed by atoms with Crippen LogP contribution in [0.15, 0.2) is 0 Å². The van der Waals surface area contributed by atoms with E-state index < -0.39 is 39.6 Å². The molecule has 3 heterocycles. The number of thioether (sulfide) groups is 1. The van der Waals surface area contributed by atoms with Crippen LogP contribution in [0.4, 0.5) is 4.79 Å². The van der Waals surface area contributed by atoms with E-state index in [9.17, 15) is 36.9 Å². The lowest BCUT2D eigenvalue weighted by molar-refractivity contribution is -0.197. The largest absolute Gasteiger partial charge is 0.747 e. The molecular formula is C20H29N4O9S2-. The lowest BCUT2D eigenvalue weighted by Gasteiger charge is -2.16. The highest BCUT2D eigenvalue weighted by Gasteiger charge is 2.45. The van der Waals surface area contributed by atoms with Gasteiger partial charge in [0, 0.05) is 30.4 Å². The molecule has 0 spiro atoms. The zero-order chi connectivity index (χ0) is 25.6. The van der Waals surface area contributed by atoms with Crippen LogP contribution in [0, 0.1) is 0 Å². The van der Waals surface area contributed by atoms with Crippen molar-refractivity contribution in [2.75, 3.05) is 12.3 Å². The quantitative estimate of drug-likeness (QED) is 0.121. The number of nitrogens with zero attached hydrogens (tertiary/aromatic N) is 1. The molecule has 0 aliphatic carbocycles. The molecule has 0 saturated carbocycles. The number of urea groups is 1. The third kappa shape index (κ3) is 7.54. The normalized spacial score (nSPS) is 25.9. The molecule has 0 radical (unpaired) electrons. The Morgan fingerprint density at radius 3 is 2.54 bits per heavy atom. The van der Waals surface area contributed by atoms with Crippen LogP contribution >= 0.6 is 11.8 Å². The Balaban J connectivity index is 1.19. The first-order chi connectivity index (χ1) is 16.6. The van der Waals surface area contributed by atoms with Gasteiger partial charge in [-0.25, -0.2) is 18.0 Å². The molecule has 0 bridgehead atoms. The molecule has 3 saturated heterocycles. The average Bonchev–Trinajstić information content (AvgIpc) is 3.41. The smallest absolute Gasteiger partial charge is 0.333 e. The maximum absolute atomic E-state index is 12.0. The minimum Gasteiger partial charge on any atom is -0.747 e. The SMILES string of the molecule is O=C(CCCCC1SCC2NC(=O)NC21)NCCCCCC(=O)ON1C(=O)CC(S(=O)(=O)[O-])C1=O. The van der Waals surface area contributed by atoms with Crippen LogP contribution in [0.25, 0.3) is 0 Å². The predicted octanol–water partition coefficient (Wildman–Crippen LogP) is -0.480. The number of imide groups is 1. The van der Waals surface area contributed by atoms with E-state index >= 15 is 0 Å². The summed E-state index contributed by atoms with van der Waals surface area (Å²) in [5.41, 5.74) is 0. The summed E-state index contributed by atoms with van der Waals surface area (Å²) in [6, 6.07) is 0.258. The molecule has 5 amide bonds. The van der Waals surface area contributed by atoms with E-state index in [1.807, 2.05) is 11.8 Å². The summed E-state index contributed by atoms with van der Waals surface area (Å²) < 4.78 is 32.9. The second-order valence-corrected chi connectivity index (χ2v) is 11.5. The molecule has 196 valence electrons. The first-order valence-electron chi connectivity index (χ1n) is 11.5. The fraction of sp³-hybridized carbons (Fsp3) is 0.750. The van der Waals surface area contributed by atoms with E-state index in [1.54, 1.807) is 0 Å². The fourth-order valence-electron chi connectivity index (χ4n) is 4.21. The van der Waals surface area contributed by atoms with Gasteiger partial charge >= 0.3 is 12.0 Å². The number of hydrogen-bond donors (Lipinski definition) is 3. The molecule has 4 atom stereocenters. The van der Waals surface area contributed by atoms with Crippen LogP contribution in [0.5, 0.6) is 0 Å². The number of nitrogens with one attached hydrogen (secondary N) is 3. The standard InChI is InChI=1S/C20H30N4O9S2/c25-15(7-4-3-6-13-18-12(11-34-13)22-20(29)23-18)21-9-5-1-2-8-17(27)33-24-16(26)10-14(19(24)28)35(30,31)32/h12-14,18H,1-11H2,(H,21,25)(H2,22,23,29)(H,30,31,32)/p-1. The van der Waals surface area contributed by atoms with Crippen LogP contribution < -0.4 is 16.0 Å². The molecule has 15 heteroatoms. The molecule has 3 aliphatic heterocycles. The first kappa shape index (κ1) is 27.2. The number of amides is 5. The van der Waals surface area contributed by atoms with Crippen molar-refractivity contribution in [1.82, 2.24) is 21.0 Å². The van der Waals surface area contributed by atoms with E-state index in [0.29, 0.717) is 37.5 Å². The molecule has 0 aromatic rings. The Bertz CT molecular complexity index is 958. The maximum atomic E-state index is 12.0. The second kappa shape index (κ2) is 12.0. The van der Waals surface area contributed by atoms with Crippen molar-refractivity contribution in [2.45, 2.75) is 80.4 Å². The number of hydrogen-bond acceptors (Lipinski definition) is 10. The number of carbonyl (C=O) groups excluding carboxylic acids is 5. The summed E-state index contributed by atoms with van der Waals surface area (Å²) in [6.45, 7) is 0.444. The van der Waals surface area contributed by atoms with E-state index in [2.05, 4.69) is 20.8 Å². The number of hydroxylamine groups is 2. The molecule has 3 N–H and O–H groups in total. The highest BCUT2D eigenvalue weighted by atomic mass is 32.2. The highest BCUT2D eigenvalue weighted by Crippen LogP contribution is 2.33. The lowest BCUT2D eigenvalue weighted by atomic mass is 10.0. The van der Waals surface area contributed by atoms with Crippen molar-refractivity contribution in [3.05, 3.63) is 0 Å². The summed E-state index contributed by atoms with van der Waals surface area (Å²) in [5.74, 6) is -2.43. The minimum atomic E-state index is -5.01. The van der Waals surface area contributed by atoms with Gasteiger partial charge in [0.1, 0.15) is 15.4 Å². The van der Waals surface area contributed by atoms with E-state index in [1.165, 1.54) is 0 Å². The van der Waals surface area contributed by atoms with Gasteiger partial charge in [0.15, 0.2) is 0 Å². The van der Waals surface area contributed by atoms with Crippen LogP contribution in [0.3, 0.4) is 0 Å². The molecular weight excluding hydrogens is 504 g/mol. The average molecular weight is 534 g/mol. The topological polar surface area (TPSA) is 191 Å². The summed E-state index contributed by atoms with van der Waals surface area (Å²) in [4.78, 5) is 63.2. The summed E-state index contributed by atoms with van der Waals surface area (Å²) in [6.07, 6.45) is 3.64. The molecule has 13 nitrogen and oxygen atoms in total. The van der Waals surface area contributed by atoms with E-state index in [-0.39, 0.29) is 35.5 Å². The monoisotopic (exact) mass is 533 g/mol. The van der Waals surface area contributed by atoms with E-state index in [0.717, 1.165) is 25.0 Å². The molecule has 0 aromatic heterocycles. The van der Waals surface area contributed by atoms with Gasteiger partial charge in [-0.15, -0.1) is 5.06 Å². The Hall–Kier alpha value is -2.39. The van der Waals surface area contributed by atoms with Crippen molar-refractivity contribution < 1.29 is 41.8 Å². The van der Waals surface area contributed by atoms with Crippen molar-refractivity contribution in [2.24, 2.45) is 0 Å². The molecule has 3 aliphatic rings. The Labute approximate surface area is 207 Å².